The molecule has 78 valence electrons. The molecular formula is C9H18O3S. The molecule has 0 aromatic heterocycles. The first-order valence-corrected chi connectivity index (χ1v) is 5.80. The van der Waals surface area contributed by atoms with Gasteiger partial charge in [-0.2, -0.15) is 8.42 Å². The first kappa shape index (κ1) is 12.7. The lowest BCUT2D eigenvalue weighted by Crippen LogP contribution is -2.17. The minimum atomic E-state index is -3.46. The number of rotatable bonds is 4. The summed E-state index contributed by atoms with van der Waals surface area (Å²) >= 11 is 0. The Morgan fingerprint density at radius 2 is 1.85 bits per heavy atom. The molecule has 0 aliphatic heterocycles. The van der Waals surface area contributed by atoms with Crippen molar-refractivity contribution in [2.45, 2.75) is 34.1 Å². The fourth-order valence-corrected chi connectivity index (χ4v) is 1.54. The summed E-state index contributed by atoms with van der Waals surface area (Å²) in [5.41, 5.74) is -0.132. The molecule has 0 heterocycles. The van der Waals surface area contributed by atoms with E-state index >= 15 is 0 Å². The van der Waals surface area contributed by atoms with Crippen molar-refractivity contribution in [1.82, 2.24) is 0 Å². The molecule has 0 N–H and O–H groups in total. The van der Waals surface area contributed by atoms with Crippen molar-refractivity contribution in [3.05, 3.63) is 11.5 Å². The summed E-state index contributed by atoms with van der Waals surface area (Å²) in [6.45, 7) is 7.85. The summed E-state index contributed by atoms with van der Waals surface area (Å²) in [5.74, 6) is 0. The molecule has 0 amide bonds. The van der Waals surface area contributed by atoms with Crippen molar-refractivity contribution in [3.63, 3.8) is 0 Å². The Kier molecular flexibility index (Phi) is 4.64. The number of hydrogen-bond donors (Lipinski definition) is 0. The predicted octanol–water partition coefficient (Wildman–Crippen LogP) is 2.30. The normalized spacial score (nSPS) is 13.8. The van der Waals surface area contributed by atoms with Crippen LogP contribution in [0.25, 0.3) is 0 Å². The lowest BCUT2D eigenvalue weighted by Gasteiger charge is -2.16. The molecule has 0 radical (unpaired) electrons. The summed E-state index contributed by atoms with van der Waals surface area (Å²) in [6.07, 6.45) is 2.26. The third kappa shape index (κ3) is 7.99. The van der Waals surface area contributed by atoms with Gasteiger partial charge in [0.2, 0.25) is 0 Å². The SMILES string of the molecule is CCC=CS(=O)(=O)OCC(C)(C)C. The standard InChI is InChI=1S/C9H18O3S/c1-5-6-7-13(10,11)12-8-9(2,3)4/h6-7H,5,8H2,1-4H3. The maximum Gasteiger partial charge on any atom is 0.289 e. The Bertz CT molecular complexity index is 257. The zero-order valence-corrected chi connectivity index (χ0v) is 9.52. The van der Waals surface area contributed by atoms with Gasteiger partial charge >= 0.3 is 0 Å². The lowest BCUT2D eigenvalue weighted by molar-refractivity contribution is 0.206. The lowest BCUT2D eigenvalue weighted by atomic mass is 9.99. The van der Waals surface area contributed by atoms with Crippen LogP contribution in [0.4, 0.5) is 0 Å². The van der Waals surface area contributed by atoms with Gasteiger partial charge in [0, 0.05) is 0 Å². The van der Waals surface area contributed by atoms with Crippen molar-refractivity contribution in [2.24, 2.45) is 5.41 Å². The minimum absolute atomic E-state index is 0.132. The second kappa shape index (κ2) is 4.77. The predicted molar refractivity (Wildman–Crippen MR) is 53.8 cm³/mol. The van der Waals surface area contributed by atoms with E-state index in [9.17, 15) is 8.42 Å². The first-order chi connectivity index (χ1) is 5.77. The highest BCUT2D eigenvalue weighted by Gasteiger charge is 2.15. The van der Waals surface area contributed by atoms with Crippen LogP contribution in [0.3, 0.4) is 0 Å². The molecule has 0 spiro atoms. The van der Waals surface area contributed by atoms with Crippen LogP contribution in [-0.4, -0.2) is 15.0 Å². The van der Waals surface area contributed by atoms with Gasteiger partial charge in [0.25, 0.3) is 10.1 Å². The quantitative estimate of drug-likeness (QED) is 0.663. The fourth-order valence-electron chi connectivity index (χ4n) is 0.512. The first-order valence-electron chi connectivity index (χ1n) is 4.33. The Labute approximate surface area is 80.9 Å². The molecule has 0 atom stereocenters. The van der Waals surface area contributed by atoms with E-state index in [2.05, 4.69) is 0 Å². The summed E-state index contributed by atoms with van der Waals surface area (Å²) < 4.78 is 27.0. The zero-order chi connectivity index (χ0) is 10.5. The Balaban J connectivity index is 4.13. The highest BCUT2D eigenvalue weighted by Crippen LogP contribution is 2.14. The smallest absolute Gasteiger partial charge is 0.266 e. The zero-order valence-electron chi connectivity index (χ0n) is 8.70. The van der Waals surface area contributed by atoms with E-state index in [4.69, 9.17) is 4.18 Å². The van der Waals surface area contributed by atoms with Gasteiger partial charge in [-0.1, -0.05) is 33.8 Å². The average Bonchev–Trinajstić information content (AvgIpc) is 1.97. The molecule has 0 saturated carbocycles. The molecule has 0 fully saturated rings. The second-order valence-electron chi connectivity index (χ2n) is 4.10. The van der Waals surface area contributed by atoms with Gasteiger partial charge in [-0.15, -0.1) is 0 Å². The largest absolute Gasteiger partial charge is 0.289 e. The van der Waals surface area contributed by atoms with Crippen LogP contribution < -0.4 is 0 Å². The van der Waals surface area contributed by atoms with Gasteiger partial charge in [-0.25, -0.2) is 0 Å². The van der Waals surface area contributed by atoms with Crippen LogP contribution in [-0.2, 0) is 14.3 Å². The van der Waals surface area contributed by atoms with Crippen molar-refractivity contribution in [1.29, 1.82) is 0 Å². The van der Waals surface area contributed by atoms with Gasteiger partial charge < -0.3 is 0 Å². The van der Waals surface area contributed by atoms with E-state index in [1.54, 1.807) is 6.08 Å². The molecule has 0 aliphatic carbocycles. The number of hydrogen-bond acceptors (Lipinski definition) is 3. The van der Waals surface area contributed by atoms with E-state index in [1.165, 1.54) is 0 Å². The molecule has 0 aliphatic rings. The highest BCUT2D eigenvalue weighted by molar-refractivity contribution is 7.89. The summed E-state index contributed by atoms with van der Waals surface area (Å²) in [5, 5.41) is 1.11. The molecular weight excluding hydrogens is 188 g/mol. The van der Waals surface area contributed by atoms with Crippen molar-refractivity contribution >= 4 is 10.1 Å². The second-order valence-corrected chi connectivity index (χ2v) is 5.59. The third-order valence-electron chi connectivity index (χ3n) is 1.15. The Hall–Kier alpha value is -0.350. The van der Waals surface area contributed by atoms with Crippen LogP contribution in [0.15, 0.2) is 11.5 Å². The van der Waals surface area contributed by atoms with Gasteiger partial charge in [0.15, 0.2) is 0 Å². The van der Waals surface area contributed by atoms with Crippen LogP contribution >= 0.6 is 0 Å². The summed E-state index contributed by atoms with van der Waals surface area (Å²) in [4.78, 5) is 0. The number of allylic oxidation sites excluding steroid dienone is 1. The molecule has 0 rings (SSSR count). The third-order valence-corrected chi connectivity index (χ3v) is 2.13. The molecule has 3 nitrogen and oxygen atoms in total. The maximum absolute atomic E-state index is 11.1. The monoisotopic (exact) mass is 206 g/mol. The van der Waals surface area contributed by atoms with E-state index in [1.807, 2.05) is 27.7 Å². The molecule has 0 aromatic rings. The van der Waals surface area contributed by atoms with Crippen LogP contribution in [0.5, 0.6) is 0 Å². The summed E-state index contributed by atoms with van der Waals surface area (Å²) in [6, 6.07) is 0. The minimum Gasteiger partial charge on any atom is -0.266 e. The van der Waals surface area contributed by atoms with Crippen LogP contribution in [0.2, 0.25) is 0 Å². The van der Waals surface area contributed by atoms with E-state index in [-0.39, 0.29) is 12.0 Å². The molecule has 0 saturated heterocycles. The van der Waals surface area contributed by atoms with Gasteiger partial charge in [0.05, 0.1) is 12.0 Å². The van der Waals surface area contributed by atoms with Gasteiger partial charge in [0.1, 0.15) is 0 Å². The topological polar surface area (TPSA) is 43.4 Å². The van der Waals surface area contributed by atoms with Crippen molar-refractivity contribution in [3.8, 4) is 0 Å². The Morgan fingerprint density at radius 1 is 1.31 bits per heavy atom. The summed E-state index contributed by atoms with van der Waals surface area (Å²) in [7, 11) is -3.46. The van der Waals surface area contributed by atoms with Crippen molar-refractivity contribution in [2.75, 3.05) is 6.61 Å². The van der Waals surface area contributed by atoms with E-state index < -0.39 is 10.1 Å². The fraction of sp³-hybridized carbons (Fsp3) is 0.778. The van der Waals surface area contributed by atoms with E-state index in [0.29, 0.717) is 6.42 Å². The average molecular weight is 206 g/mol. The van der Waals surface area contributed by atoms with Crippen LogP contribution in [0, 0.1) is 5.41 Å². The Morgan fingerprint density at radius 3 is 2.23 bits per heavy atom. The van der Waals surface area contributed by atoms with E-state index in [0.717, 1.165) is 5.41 Å². The molecule has 0 bridgehead atoms. The molecule has 13 heavy (non-hydrogen) atoms. The highest BCUT2D eigenvalue weighted by atomic mass is 32.2. The van der Waals surface area contributed by atoms with Crippen molar-refractivity contribution < 1.29 is 12.6 Å². The van der Waals surface area contributed by atoms with Crippen LogP contribution in [0.1, 0.15) is 34.1 Å². The van der Waals surface area contributed by atoms with Gasteiger partial charge in [-0.3, -0.25) is 4.18 Å². The molecule has 0 unspecified atom stereocenters. The molecule has 4 heteroatoms. The maximum atomic E-state index is 11.1. The van der Waals surface area contributed by atoms with Gasteiger partial charge in [-0.05, 0) is 11.8 Å². The molecule has 0 aromatic carbocycles.